The summed E-state index contributed by atoms with van der Waals surface area (Å²) in [4.78, 5) is 54.7. The fourth-order valence-electron chi connectivity index (χ4n) is 7.92. The number of esters is 1. The molecular weight excluding hydrogens is 721 g/mol. The highest BCUT2D eigenvalue weighted by Gasteiger charge is 2.39. The Morgan fingerprint density at radius 2 is 1.82 bits per heavy atom. The molecule has 0 radical (unpaired) electrons. The summed E-state index contributed by atoms with van der Waals surface area (Å²) in [5.41, 5.74) is 5.11. The number of pyridine rings is 2. The Bertz CT molecular complexity index is 2250. The third kappa shape index (κ3) is 9.72. The van der Waals surface area contributed by atoms with E-state index >= 15 is 0 Å². The lowest BCUT2D eigenvalue weighted by atomic mass is 9.82. The average Bonchev–Trinajstić information content (AvgIpc) is 3.71. The zero-order valence-corrected chi connectivity index (χ0v) is 33.2. The summed E-state index contributed by atoms with van der Waals surface area (Å²) in [5, 5.41) is 12.0. The lowest BCUT2D eigenvalue weighted by Gasteiger charge is -2.44. The standard InChI is InChI=1S/C44H50N8O5/c1-29-26-51(27-35(24-40(54)57-44(2,3)4)42(29)52-20-17-46-49-52)38-13-16-45-25-34(38)23-39(53)41-37(48-43(55)56-28-30-9-7-6-8-10-30)22-33-12-11-32(21-36(33)47-41)31-14-18-50(5)19-15-31/h6-14,16-17,20-22,25,29,35,42H,15,18-19,23-24,26-28H2,1-5H3,(H,48,55)/t29-,35+,42-/m0/s1. The number of aromatic nitrogens is 5. The van der Waals surface area contributed by atoms with Gasteiger partial charge in [-0.15, -0.1) is 5.10 Å². The van der Waals surface area contributed by atoms with Gasteiger partial charge in [0, 0.05) is 73.7 Å². The molecule has 3 aromatic heterocycles. The summed E-state index contributed by atoms with van der Waals surface area (Å²) in [6, 6.07) is 19.1. The fraction of sp³-hybridized carbons (Fsp3) is 0.386. The highest BCUT2D eigenvalue weighted by Crippen LogP contribution is 2.38. The van der Waals surface area contributed by atoms with Crippen LogP contribution in [-0.4, -0.2) is 86.5 Å². The first-order chi connectivity index (χ1) is 27.4. The van der Waals surface area contributed by atoms with Crippen molar-refractivity contribution in [1.82, 2.24) is 29.9 Å². The Balaban J connectivity index is 1.18. The molecule has 5 heterocycles. The number of carbonyl (C=O) groups is 3. The normalized spacial score (nSPS) is 18.9. The summed E-state index contributed by atoms with van der Waals surface area (Å²) in [7, 11) is 2.10. The number of carbonyl (C=O) groups excluding carboxylic acids is 3. The van der Waals surface area contributed by atoms with Crippen molar-refractivity contribution in [3.05, 3.63) is 114 Å². The van der Waals surface area contributed by atoms with Crippen molar-refractivity contribution in [3.63, 3.8) is 0 Å². The molecule has 1 N–H and O–H groups in total. The number of Topliss-reactive ketones (excluding diaryl/α,β-unsaturated/α-hetero) is 1. The zero-order chi connectivity index (χ0) is 40.1. The summed E-state index contributed by atoms with van der Waals surface area (Å²) in [5.74, 6) is -0.657. The van der Waals surface area contributed by atoms with Crippen LogP contribution in [0.5, 0.6) is 0 Å². The third-order valence-electron chi connectivity index (χ3n) is 10.5. The number of anilines is 2. The predicted octanol–water partition coefficient (Wildman–Crippen LogP) is 7.16. The Kier molecular flexibility index (Phi) is 11.7. The quantitative estimate of drug-likeness (QED) is 0.108. The van der Waals surface area contributed by atoms with Crippen LogP contribution in [0.15, 0.2) is 91.5 Å². The molecule has 0 spiro atoms. The fourth-order valence-corrected chi connectivity index (χ4v) is 7.92. The van der Waals surface area contributed by atoms with Crippen LogP contribution in [0, 0.1) is 11.8 Å². The molecule has 1 saturated heterocycles. The molecule has 0 aliphatic carbocycles. The number of benzene rings is 2. The summed E-state index contributed by atoms with van der Waals surface area (Å²) >= 11 is 0. The molecule has 13 nitrogen and oxygen atoms in total. The molecule has 13 heteroatoms. The van der Waals surface area contributed by atoms with E-state index in [2.05, 4.69) is 56.5 Å². The maximum absolute atomic E-state index is 14.5. The summed E-state index contributed by atoms with van der Waals surface area (Å²) in [6.07, 6.45) is 9.52. The lowest BCUT2D eigenvalue weighted by molar-refractivity contribution is -0.156. The maximum Gasteiger partial charge on any atom is 0.412 e. The molecule has 0 unspecified atom stereocenters. The number of nitrogens with zero attached hydrogens (tertiary/aromatic N) is 7. The van der Waals surface area contributed by atoms with Gasteiger partial charge in [0.1, 0.15) is 17.9 Å². The van der Waals surface area contributed by atoms with Gasteiger partial charge in [-0.05, 0) is 75.1 Å². The van der Waals surface area contributed by atoms with Gasteiger partial charge < -0.3 is 19.3 Å². The van der Waals surface area contributed by atoms with Crippen molar-refractivity contribution in [2.45, 2.75) is 65.2 Å². The minimum absolute atomic E-state index is 0.0271. The van der Waals surface area contributed by atoms with Crippen LogP contribution in [-0.2, 0) is 27.3 Å². The second-order valence-electron chi connectivity index (χ2n) is 16.1. The van der Waals surface area contributed by atoms with Crippen LogP contribution in [0.2, 0.25) is 0 Å². The van der Waals surface area contributed by atoms with Crippen LogP contribution >= 0.6 is 0 Å². The molecule has 1 fully saturated rings. The van der Waals surface area contributed by atoms with E-state index in [0.29, 0.717) is 24.2 Å². The van der Waals surface area contributed by atoms with Crippen molar-refractivity contribution in [2.24, 2.45) is 11.8 Å². The van der Waals surface area contributed by atoms with Crippen LogP contribution in [0.25, 0.3) is 16.5 Å². The molecule has 2 aromatic carbocycles. The Morgan fingerprint density at radius 3 is 2.56 bits per heavy atom. The lowest BCUT2D eigenvalue weighted by Crippen LogP contribution is -2.48. The van der Waals surface area contributed by atoms with Gasteiger partial charge in [0.15, 0.2) is 5.78 Å². The minimum atomic E-state index is -0.690. The van der Waals surface area contributed by atoms with Crippen molar-refractivity contribution >= 4 is 45.7 Å². The van der Waals surface area contributed by atoms with Crippen LogP contribution in [0.1, 0.15) is 73.8 Å². The predicted molar refractivity (Wildman–Crippen MR) is 219 cm³/mol. The van der Waals surface area contributed by atoms with E-state index in [9.17, 15) is 14.4 Å². The Hall–Kier alpha value is -5.95. The number of hydrogen-bond donors (Lipinski definition) is 1. The van der Waals surface area contributed by atoms with Gasteiger partial charge in [-0.3, -0.25) is 19.9 Å². The minimum Gasteiger partial charge on any atom is -0.460 e. The molecular formula is C44H50N8O5. The van der Waals surface area contributed by atoms with Crippen molar-refractivity contribution in [3.8, 4) is 0 Å². The molecule has 57 heavy (non-hydrogen) atoms. The molecule has 5 aromatic rings. The molecule has 3 atom stereocenters. The number of nitrogens with one attached hydrogen (secondary N) is 1. The van der Waals surface area contributed by atoms with Gasteiger partial charge in [-0.2, -0.15) is 0 Å². The van der Waals surface area contributed by atoms with Gasteiger partial charge in [0.2, 0.25) is 0 Å². The van der Waals surface area contributed by atoms with Crippen molar-refractivity contribution < 1.29 is 23.9 Å². The molecule has 0 saturated carbocycles. The first kappa shape index (κ1) is 39.3. The monoisotopic (exact) mass is 770 g/mol. The first-order valence-corrected chi connectivity index (χ1v) is 19.5. The van der Waals surface area contributed by atoms with E-state index in [1.54, 1.807) is 24.7 Å². The zero-order valence-electron chi connectivity index (χ0n) is 33.2. The number of fused-ring (bicyclic) bond motifs is 1. The van der Waals surface area contributed by atoms with Crippen molar-refractivity contribution in [2.75, 3.05) is 43.4 Å². The highest BCUT2D eigenvalue weighted by atomic mass is 16.6. The van der Waals surface area contributed by atoms with Crippen LogP contribution in [0.4, 0.5) is 16.2 Å². The summed E-state index contributed by atoms with van der Waals surface area (Å²) < 4.78 is 13.1. The number of piperidine rings is 1. The number of hydrogen-bond acceptors (Lipinski definition) is 11. The maximum atomic E-state index is 14.5. The molecule has 2 aliphatic rings. The Morgan fingerprint density at radius 1 is 1.00 bits per heavy atom. The first-order valence-electron chi connectivity index (χ1n) is 19.5. The van der Waals surface area contributed by atoms with Gasteiger partial charge in [-0.25, -0.2) is 14.5 Å². The number of rotatable bonds is 11. The van der Waals surface area contributed by atoms with E-state index in [-0.39, 0.29) is 60.5 Å². The Labute approximate surface area is 333 Å². The molecule has 0 bridgehead atoms. The van der Waals surface area contributed by atoms with E-state index < -0.39 is 11.7 Å². The number of amides is 1. The van der Waals surface area contributed by atoms with E-state index in [1.165, 1.54) is 5.57 Å². The van der Waals surface area contributed by atoms with Gasteiger partial charge >= 0.3 is 12.1 Å². The molecule has 1 amide bonds. The van der Waals surface area contributed by atoms with E-state index in [0.717, 1.165) is 41.7 Å². The van der Waals surface area contributed by atoms with Gasteiger partial charge in [-0.1, -0.05) is 60.7 Å². The number of likely N-dealkylation sites (N-methyl/N-ethyl adjacent to an activating group) is 1. The third-order valence-corrected chi connectivity index (χ3v) is 10.5. The second kappa shape index (κ2) is 17.0. The average molecular weight is 771 g/mol. The topological polar surface area (TPSA) is 145 Å². The molecule has 296 valence electrons. The van der Waals surface area contributed by atoms with Crippen LogP contribution in [0.3, 0.4) is 0 Å². The highest BCUT2D eigenvalue weighted by molar-refractivity contribution is 6.06. The van der Waals surface area contributed by atoms with Gasteiger partial charge in [0.05, 0.1) is 29.9 Å². The van der Waals surface area contributed by atoms with Crippen LogP contribution < -0.4 is 10.2 Å². The molecule has 7 rings (SSSR count). The van der Waals surface area contributed by atoms with Gasteiger partial charge in [0.25, 0.3) is 0 Å². The molecule has 2 aliphatic heterocycles. The smallest absolute Gasteiger partial charge is 0.412 e. The SMILES string of the molecule is C[C@H]1CN(c2ccncc2CC(=O)c2nc3cc(C4=CCN(C)CC4)ccc3cc2NC(=O)OCc2ccccc2)C[C@@H](CC(=O)OC(C)(C)C)[C@H]1n1ccnn1. The number of ether oxygens (including phenoxy) is 2. The number of ketones is 1. The second-order valence-corrected chi connectivity index (χ2v) is 16.1. The van der Waals surface area contributed by atoms with E-state index in [4.69, 9.17) is 14.5 Å². The summed E-state index contributed by atoms with van der Waals surface area (Å²) in [6.45, 7) is 10.8. The van der Waals surface area contributed by atoms with Crippen molar-refractivity contribution in [1.29, 1.82) is 0 Å². The largest absolute Gasteiger partial charge is 0.460 e. The van der Waals surface area contributed by atoms with E-state index in [1.807, 2.05) is 80.2 Å².